The van der Waals surface area contributed by atoms with E-state index in [1.54, 1.807) is 31.2 Å². The summed E-state index contributed by atoms with van der Waals surface area (Å²) in [7, 11) is 0. The molecule has 0 unspecified atom stereocenters. The summed E-state index contributed by atoms with van der Waals surface area (Å²) >= 11 is 12.1. The molecular formula is C20H18Cl2N2O3. The van der Waals surface area contributed by atoms with Crippen LogP contribution in [-0.2, 0) is 9.53 Å². The van der Waals surface area contributed by atoms with Crippen molar-refractivity contribution in [1.82, 2.24) is 10.3 Å². The van der Waals surface area contributed by atoms with Crippen LogP contribution in [0.2, 0.25) is 10.0 Å². The highest BCUT2D eigenvalue weighted by Gasteiger charge is 2.22. The van der Waals surface area contributed by atoms with E-state index in [2.05, 4.69) is 10.3 Å². The normalized spacial score (nSPS) is 13.2. The van der Waals surface area contributed by atoms with Gasteiger partial charge in [-0.05, 0) is 43.7 Å². The van der Waals surface area contributed by atoms with Crippen LogP contribution >= 0.6 is 23.2 Å². The maximum atomic E-state index is 12.4. The lowest BCUT2D eigenvalue weighted by atomic mass is 10.1. The van der Waals surface area contributed by atoms with Crippen molar-refractivity contribution in [2.24, 2.45) is 0 Å². The van der Waals surface area contributed by atoms with E-state index >= 15 is 0 Å². The van der Waals surface area contributed by atoms with E-state index in [9.17, 15) is 9.59 Å². The van der Waals surface area contributed by atoms with Crippen molar-refractivity contribution in [2.45, 2.75) is 26.0 Å². The molecule has 0 spiro atoms. The molecule has 0 aliphatic rings. The van der Waals surface area contributed by atoms with Gasteiger partial charge in [-0.15, -0.1) is 0 Å². The molecule has 0 fully saturated rings. The monoisotopic (exact) mass is 404 g/mol. The van der Waals surface area contributed by atoms with E-state index in [0.717, 1.165) is 16.5 Å². The number of amides is 1. The topological polar surface area (TPSA) is 71.2 Å². The highest BCUT2D eigenvalue weighted by atomic mass is 35.5. The Labute approximate surface area is 166 Å². The maximum Gasteiger partial charge on any atom is 0.355 e. The number of rotatable bonds is 5. The van der Waals surface area contributed by atoms with E-state index in [-0.39, 0.29) is 6.04 Å². The van der Waals surface area contributed by atoms with Gasteiger partial charge in [-0.3, -0.25) is 4.79 Å². The predicted molar refractivity (Wildman–Crippen MR) is 106 cm³/mol. The Morgan fingerprint density at radius 3 is 2.52 bits per heavy atom. The van der Waals surface area contributed by atoms with Crippen LogP contribution in [0.25, 0.3) is 10.9 Å². The molecule has 0 aliphatic carbocycles. The van der Waals surface area contributed by atoms with Crippen molar-refractivity contribution in [1.29, 1.82) is 0 Å². The van der Waals surface area contributed by atoms with Gasteiger partial charge in [0.05, 0.1) is 6.04 Å². The number of fused-ring (bicyclic) bond motifs is 1. The minimum absolute atomic E-state index is 0.296. The van der Waals surface area contributed by atoms with E-state index in [0.29, 0.717) is 15.7 Å². The molecule has 1 heterocycles. The summed E-state index contributed by atoms with van der Waals surface area (Å²) < 4.78 is 5.28. The molecule has 0 bridgehead atoms. The number of aromatic nitrogens is 1. The average molecular weight is 405 g/mol. The van der Waals surface area contributed by atoms with Crippen molar-refractivity contribution in [3.8, 4) is 0 Å². The first-order chi connectivity index (χ1) is 12.8. The molecule has 0 aliphatic heterocycles. The standard InChI is InChI=1S/C20H18Cl2N2O3/c1-11(15-8-7-14(21)10-16(15)22)23-19(25)12(2)27-20(26)18-9-13-5-3-4-6-17(13)24-18/h3-12,24H,1-2H3,(H,23,25)/t11-,12+/m1/s1. The number of para-hydroxylation sites is 1. The van der Waals surface area contributed by atoms with Crippen molar-refractivity contribution in [3.63, 3.8) is 0 Å². The molecule has 1 amide bonds. The predicted octanol–water partition coefficient (Wildman–Crippen LogP) is 4.90. The van der Waals surface area contributed by atoms with Crippen molar-refractivity contribution in [2.75, 3.05) is 0 Å². The van der Waals surface area contributed by atoms with Gasteiger partial charge in [-0.2, -0.15) is 0 Å². The molecule has 2 atom stereocenters. The Morgan fingerprint density at radius 1 is 1.07 bits per heavy atom. The van der Waals surface area contributed by atoms with Gasteiger partial charge in [-0.1, -0.05) is 47.5 Å². The molecule has 5 nitrogen and oxygen atoms in total. The number of nitrogens with one attached hydrogen (secondary N) is 2. The lowest BCUT2D eigenvalue weighted by molar-refractivity contribution is -0.129. The molecule has 7 heteroatoms. The number of benzene rings is 2. The first-order valence-corrected chi connectivity index (χ1v) is 9.15. The van der Waals surface area contributed by atoms with Crippen LogP contribution in [0, 0.1) is 0 Å². The zero-order valence-electron chi connectivity index (χ0n) is 14.8. The second-order valence-electron chi connectivity index (χ2n) is 6.21. The van der Waals surface area contributed by atoms with Crippen molar-refractivity contribution in [3.05, 3.63) is 69.8 Å². The lowest BCUT2D eigenvalue weighted by Crippen LogP contribution is -2.37. The molecule has 3 rings (SSSR count). The number of hydrogen-bond donors (Lipinski definition) is 2. The fourth-order valence-electron chi connectivity index (χ4n) is 2.72. The molecule has 2 N–H and O–H groups in total. The third-order valence-corrected chi connectivity index (χ3v) is 4.75. The number of ether oxygens (including phenoxy) is 1. The number of H-pyrrole nitrogens is 1. The van der Waals surface area contributed by atoms with Crippen LogP contribution < -0.4 is 5.32 Å². The number of halogens is 2. The Bertz CT molecular complexity index is 967. The van der Waals surface area contributed by atoms with E-state index in [1.807, 2.05) is 24.3 Å². The van der Waals surface area contributed by atoms with Gasteiger partial charge in [0.25, 0.3) is 5.91 Å². The zero-order valence-corrected chi connectivity index (χ0v) is 16.3. The van der Waals surface area contributed by atoms with Crippen LogP contribution in [-0.4, -0.2) is 23.0 Å². The Kier molecular flexibility index (Phi) is 5.73. The molecule has 1 aromatic heterocycles. The van der Waals surface area contributed by atoms with E-state index < -0.39 is 18.0 Å². The summed E-state index contributed by atoms with van der Waals surface area (Å²) in [5.74, 6) is -1.01. The van der Waals surface area contributed by atoms with Crippen LogP contribution in [0.4, 0.5) is 0 Å². The zero-order chi connectivity index (χ0) is 19.6. The summed E-state index contributed by atoms with van der Waals surface area (Å²) in [6, 6.07) is 13.9. The van der Waals surface area contributed by atoms with Gasteiger partial charge < -0.3 is 15.0 Å². The van der Waals surface area contributed by atoms with Crippen LogP contribution in [0.5, 0.6) is 0 Å². The minimum atomic E-state index is -0.961. The largest absolute Gasteiger partial charge is 0.448 e. The summed E-state index contributed by atoms with van der Waals surface area (Å²) in [5, 5.41) is 4.65. The lowest BCUT2D eigenvalue weighted by Gasteiger charge is -2.19. The number of carbonyl (C=O) groups excluding carboxylic acids is 2. The Hall–Kier alpha value is -2.50. The van der Waals surface area contributed by atoms with Gasteiger partial charge >= 0.3 is 5.97 Å². The number of hydrogen-bond acceptors (Lipinski definition) is 3. The fraction of sp³-hybridized carbons (Fsp3) is 0.200. The highest BCUT2D eigenvalue weighted by molar-refractivity contribution is 6.35. The van der Waals surface area contributed by atoms with Gasteiger partial charge in [0.1, 0.15) is 5.69 Å². The molecule has 3 aromatic rings. The van der Waals surface area contributed by atoms with Gasteiger partial charge in [0.15, 0.2) is 6.10 Å². The summed E-state index contributed by atoms with van der Waals surface area (Å²) in [6.07, 6.45) is -0.961. The van der Waals surface area contributed by atoms with Crippen LogP contribution in [0.3, 0.4) is 0 Å². The smallest absolute Gasteiger partial charge is 0.355 e. The molecular weight excluding hydrogens is 387 g/mol. The minimum Gasteiger partial charge on any atom is -0.448 e. The first-order valence-electron chi connectivity index (χ1n) is 8.39. The number of esters is 1. The molecule has 0 saturated carbocycles. The van der Waals surface area contributed by atoms with Gasteiger partial charge in [-0.25, -0.2) is 4.79 Å². The van der Waals surface area contributed by atoms with Gasteiger partial charge in [0.2, 0.25) is 0 Å². The highest BCUT2D eigenvalue weighted by Crippen LogP contribution is 2.26. The second kappa shape index (κ2) is 8.03. The quantitative estimate of drug-likeness (QED) is 0.594. The summed E-state index contributed by atoms with van der Waals surface area (Å²) in [5.41, 5.74) is 1.85. The van der Waals surface area contributed by atoms with Crippen LogP contribution in [0.1, 0.15) is 35.9 Å². The SMILES string of the molecule is C[C@H](OC(=O)c1cc2ccccc2[nH]1)C(=O)N[C@H](C)c1ccc(Cl)cc1Cl. The molecule has 0 saturated heterocycles. The molecule has 0 radical (unpaired) electrons. The number of carbonyl (C=O) groups is 2. The molecule has 140 valence electrons. The molecule has 27 heavy (non-hydrogen) atoms. The van der Waals surface area contributed by atoms with E-state index in [4.69, 9.17) is 27.9 Å². The Balaban J connectivity index is 1.63. The average Bonchev–Trinajstić information content (AvgIpc) is 3.05. The van der Waals surface area contributed by atoms with Crippen molar-refractivity contribution >= 4 is 46.0 Å². The third kappa shape index (κ3) is 4.43. The third-order valence-electron chi connectivity index (χ3n) is 4.19. The van der Waals surface area contributed by atoms with Crippen molar-refractivity contribution < 1.29 is 14.3 Å². The second-order valence-corrected chi connectivity index (χ2v) is 7.06. The Morgan fingerprint density at radius 2 is 1.81 bits per heavy atom. The summed E-state index contributed by atoms with van der Waals surface area (Å²) in [4.78, 5) is 27.7. The van der Waals surface area contributed by atoms with Crippen LogP contribution in [0.15, 0.2) is 48.5 Å². The summed E-state index contributed by atoms with van der Waals surface area (Å²) in [6.45, 7) is 3.31. The fourth-order valence-corrected chi connectivity index (χ4v) is 3.29. The first kappa shape index (κ1) is 19.3. The van der Waals surface area contributed by atoms with E-state index in [1.165, 1.54) is 6.92 Å². The maximum absolute atomic E-state index is 12.4. The van der Waals surface area contributed by atoms with Gasteiger partial charge in [0, 0.05) is 20.9 Å². The number of aromatic amines is 1. The molecule has 2 aromatic carbocycles.